The van der Waals surface area contributed by atoms with E-state index in [1.807, 2.05) is 0 Å². The van der Waals surface area contributed by atoms with Crippen LogP contribution in [0.5, 0.6) is 0 Å². The summed E-state index contributed by atoms with van der Waals surface area (Å²) in [5.41, 5.74) is 0. The molecule has 2 N–H and O–H groups in total. The topological polar surface area (TPSA) is 67.4 Å². The molecule has 0 aromatic heterocycles. The Balaban J connectivity index is 0.00000400. The van der Waals surface area contributed by atoms with Crippen LogP contribution in [0.4, 0.5) is 0 Å². The van der Waals surface area contributed by atoms with Crippen molar-refractivity contribution < 1.29 is 14.2 Å². The van der Waals surface area contributed by atoms with E-state index in [0.29, 0.717) is 19.8 Å². The molecule has 1 rings (SSSR count). The minimum Gasteiger partial charge on any atom is -0.382 e. The third-order valence-corrected chi connectivity index (χ3v) is 3.02. The number of guanidine groups is 1. The van der Waals surface area contributed by atoms with Gasteiger partial charge in [0.25, 0.3) is 0 Å². The molecule has 0 spiro atoms. The van der Waals surface area contributed by atoms with Crippen LogP contribution in [0.3, 0.4) is 0 Å². The number of rotatable bonds is 9. The van der Waals surface area contributed by atoms with Gasteiger partial charge in [-0.25, -0.2) is 0 Å². The van der Waals surface area contributed by atoms with Crippen LogP contribution < -0.4 is 10.6 Å². The minimum absolute atomic E-state index is 0. The summed E-state index contributed by atoms with van der Waals surface area (Å²) < 4.78 is 15.6. The molecule has 7 nitrogen and oxygen atoms in total. The van der Waals surface area contributed by atoms with Crippen LogP contribution in [0.15, 0.2) is 4.99 Å². The maximum atomic E-state index is 5.38. The molecule has 0 aromatic rings. The molecule has 0 amide bonds. The second-order valence-corrected chi connectivity index (χ2v) is 4.48. The van der Waals surface area contributed by atoms with Crippen LogP contribution in [0, 0.1) is 0 Å². The maximum absolute atomic E-state index is 5.38. The summed E-state index contributed by atoms with van der Waals surface area (Å²) in [6.45, 7) is 8.24. The van der Waals surface area contributed by atoms with Gasteiger partial charge in [0.2, 0.25) is 0 Å². The largest absolute Gasteiger partial charge is 0.382 e. The summed E-state index contributed by atoms with van der Waals surface area (Å²) in [7, 11) is 3.44. The summed E-state index contributed by atoms with van der Waals surface area (Å²) in [5.74, 6) is 0.814. The number of ether oxygens (including phenoxy) is 3. The van der Waals surface area contributed by atoms with E-state index in [1.54, 1.807) is 14.2 Å². The summed E-state index contributed by atoms with van der Waals surface area (Å²) in [6.07, 6.45) is 0. The zero-order chi connectivity index (χ0) is 14.5. The first kappa shape index (κ1) is 20.8. The summed E-state index contributed by atoms with van der Waals surface area (Å²) in [5, 5.41) is 6.51. The van der Waals surface area contributed by atoms with Crippen molar-refractivity contribution in [1.82, 2.24) is 15.5 Å². The number of hydrogen-bond donors (Lipinski definition) is 2. The van der Waals surface area contributed by atoms with Gasteiger partial charge in [-0.05, 0) is 0 Å². The summed E-state index contributed by atoms with van der Waals surface area (Å²) in [6, 6.07) is 0. The Labute approximate surface area is 144 Å². The Morgan fingerprint density at radius 2 is 1.86 bits per heavy atom. The van der Waals surface area contributed by atoms with Crippen LogP contribution in [-0.4, -0.2) is 90.8 Å². The number of methoxy groups -OCH3 is 1. The predicted octanol–water partition coefficient (Wildman–Crippen LogP) is -0.235. The first-order valence-electron chi connectivity index (χ1n) is 7.18. The van der Waals surface area contributed by atoms with Gasteiger partial charge in [0, 0.05) is 46.9 Å². The van der Waals surface area contributed by atoms with E-state index in [1.165, 1.54) is 0 Å². The monoisotopic (exact) mass is 416 g/mol. The van der Waals surface area contributed by atoms with Crippen LogP contribution in [0.25, 0.3) is 0 Å². The fraction of sp³-hybridized carbons (Fsp3) is 0.923. The Bertz CT molecular complexity index is 264. The lowest BCUT2D eigenvalue weighted by Gasteiger charge is -2.26. The van der Waals surface area contributed by atoms with Crippen LogP contribution in [0.1, 0.15) is 0 Å². The third-order valence-electron chi connectivity index (χ3n) is 3.02. The summed E-state index contributed by atoms with van der Waals surface area (Å²) >= 11 is 0. The first-order chi connectivity index (χ1) is 9.86. The highest BCUT2D eigenvalue weighted by atomic mass is 127. The molecule has 1 aliphatic heterocycles. The van der Waals surface area contributed by atoms with Gasteiger partial charge in [-0.15, -0.1) is 24.0 Å². The number of nitrogens with zero attached hydrogens (tertiary/aromatic N) is 2. The van der Waals surface area contributed by atoms with Gasteiger partial charge in [-0.2, -0.15) is 0 Å². The van der Waals surface area contributed by atoms with Crippen molar-refractivity contribution in [3.8, 4) is 0 Å². The number of aliphatic imine (C=N–C) groups is 1. The van der Waals surface area contributed by atoms with E-state index in [9.17, 15) is 0 Å². The first-order valence-corrected chi connectivity index (χ1v) is 7.18. The van der Waals surface area contributed by atoms with E-state index < -0.39 is 0 Å². The molecule has 0 aromatic carbocycles. The lowest BCUT2D eigenvalue weighted by Crippen LogP contribution is -2.45. The molecule has 0 bridgehead atoms. The van der Waals surface area contributed by atoms with Crippen LogP contribution in [-0.2, 0) is 14.2 Å². The number of morpholine rings is 1. The Kier molecular flexibility index (Phi) is 14.7. The lowest BCUT2D eigenvalue weighted by atomic mass is 10.4. The Morgan fingerprint density at radius 1 is 1.14 bits per heavy atom. The zero-order valence-electron chi connectivity index (χ0n) is 13.1. The third kappa shape index (κ3) is 11.1. The van der Waals surface area contributed by atoms with Crippen molar-refractivity contribution in [1.29, 1.82) is 0 Å². The lowest BCUT2D eigenvalue weighted by molar-refractivity contribution is 0.0389. The molecular weight excluding hydrogens is 387 g/mol. The van der Waals surface area contributed by atoms with Gasteiger partial charge in [-0.3, -0.25) is 9.89 Å². The molecule has 0 unspecified atom stereocenters. The van der Waals surface area contributed by atoms with Crippen LogP contribution >= 0.6 is 24.0 Å². The minimum atomic E-state index is 0. The van der Waals surface area contributed by atoms with Crippen molar-refractivity contribution in [2.24, 2.45) is 4.99 Å². The van der Waals surface area contributed by atoms with Crippen molar-refractivity contribution in [2.45, 2.75) is 0 Å². The van der Waals surface area contributed by atoms with Crippen molar-refractivity contribution in [3.63, 3.8) is 0 Å². The van der Waals surface area contributed by atoms with Gasteiger partial charge in [0.1, 0.15) is 0 Å². The fourth-order valence-corrected chi connectivity index (χ4v) is 1.86. The molecule has 126 valence electrons. The number of nitrogens with one attached hydrogen (secondary N) is 2. The van der Waals surface area contributed by atoms with Gasteiger partial charge in [0.05, 0.1) is 33.0 Å². The number of halogens is 1. The Morgan fingerprint density at radius 3 is 2.52 bits per heavy atom. The van der Waals surface area contributed by atoms with Gasteiger partial charge >= 0.3 is 0 Å². The molecule has 21 heavy (non-hydrogen) atoms. The molecule has 0 radical (unpaired) electrons. The molecule has 8 heteroatoms. The van der Waals surface area contributed by atoms with Crippen molar-refractivity contribution in [2.75, 3.05) is 79.9 Å². The Hall–Kier alpha value is -0.160. The quantitative estimate of drug-likeness (QED) is 0.234. The second-order valence-electron chi connectivity index (χ2n) is 4.48. The van der Waals surface area contributed by atoms with Gasteiger partial charge in [-0.1, -0.05) is 0 Å². The molecule has 0 atom stereocenters. The SMILES string of the molecule is CN=C(NCCOCCOC)NCCN1CCOCC1.I. The van der Waals surface area contributed by atoms with E-state index in [2.05, 4.69) is 20.5 Å². The standard InChI is InChI=1S/C13H28N4O3.HI/c1-14-13(16-4-8-19-12-11-18-2)15-3-5-17-6-9-20-10-7-17;/h3-12H2,1-2H3,(H2,14,15,16);1H. The van der Waals surface area contributed by atoms with Crippen molar-refractivity contribution in [3.05, 3.63) is 0 Å². The van der Waals surface area contributed by atoms with E-state index in [4.69, 9.17) is 14.2 Å². The maximum Gasteiger partial charge on any atom is 0.191 e. The predicted molar refractivity (Wildman–Crippen MR) is 94.7 cm³/mol. The number of hydrogen-bond acceptors (Lipinski definition) is 5. The average molecular weight is 416 g/mol. The van der Waals surface area contributed by atoms with Gasteiger partial charge < -0.3 is 24.8 Å². The molecular formula is C13H29IN4O3. The van der Waals surface area contributed by atoms with Crippen molar-refractivity contribution >= 4 is 29.9 Å². The highest BCUT2D eigenvalue weighted by molar-refractivity contribution is 14.0. The molecule has 1 heterocycles. The highest BCUT2D eigenvalue weighted by Gasteiger charge is 2.09. The molecule has 1 saturated heterocycles. The highest BCUT2D eigenvalue weighted by Crippen LogP contribution is 1.94. The molecule has 0 aliphatic carbocycles. The molecule has 0 saturated carbocycles. The van der Waals surface area contributed by atoms with E-state index in [-0.39, 0.29) is 24.0 Å². The normalized spacial score (nSPS) is 16.4. The fourth-order valence-electron chi connectivity index (χ4n) is 1.86. The smallest absolute Gasteiger partial charge is 0.191 e. The van der Waals surface area contributed by atoms with E-state index >= 15 is 0 Å². The van der Waals surface area contributed by atoms with Crippen LogP contribution in [0.2, 0.25) is 0 Å². The van der Waals surface area contributed by atoms with E-state index in [0.717, 1.165) is 51.9 Å². The zero-order valence-corrected chi connectivity index (χ0v) is 15.4. The van der Waals surface area contributed by atoms with Gasteiger partial charge in [0.15, 0.2) is 5.96 Å². The average Bonchev–Trinajstić information content (AvgIpc) is 2.50. The summed E-state index contributed by atoms with van der Waals surface area (Å²) in [4.78, 5) is 6.56. The molecule has 1 aliphatic rings. The second kappa shape index (κ2) is 14.8. The molecule has 1 fully saturated rings.